The first-order chi connectivity index (χ1) is 7.91. The van der Waals surface area contributed by atoms with Crippen LogP contribution in [0.2, 0.25) is 0 Å². The van der Waals surface area contributed by atoms with Crippen LogP contribution < -0.4 is 5.09 Å². The number of aldehydes is 1. The molecule has 0 aromatic carbocycles. The minimum absolute atomic E-state index is 0.142. The van der Waals surface area contributed by atoms with Gasteiger partial charge in [-0.15, -0.1) is 0 Å². The first-order valence-electron chi connectivity index (χ1n) is 5.23. The Kier molecular flexibility index (Phi) is 9.00. The van der Waals surface area contributed by atoms with E-state index in [-0.39, 0.29) is 17.1 Å². The number of rotatable bonds is 8. The second kappa shape index (κ2) is 9.00. The van der Waals surface area contributed by atoms with Gasteiger partial charge in [0.25, 0.3) is 8.53 Å². The maximum Gasteiger partial charge on any atom is 0.255 e. The van der Waals surface area contributed by atoms with Crippen molar-refractivity contribution >= 4 is 31.7 Å². The molecule has 0 spiro atoms. The second-order valence-corrected chi connectivity index (χ2v) is 6.71. The summed E-state index contributed by atoms with van der Waals surface area (Å²) in [6, 6.07) is 0. The number of carbonyl (C=O) groups is 2. The Labute approximate surface area is 108 Å². The minimum Gasteiger partial charge on any atom is -0.325 e. The number of hydrogen-bond acceptors (Lipinski definition) is 6. The summed E-state index contributed by atoms with van der Waals surface area (Å²) in [6.07, 6.45) is 0.746. The van der Waals surface area contributed by atoms with Gasteiger partial charge in [0, 0.05) is 18.3 Å². The van der Waals surface area contributed by atoms with Crippen LogP contribution in [-0.2, 0) is 18.6 Å². The lowest BCUT2D eigenvalue weighted by atomic mass is 10.00. The standard InChI is InChI=1S/C10H20NO4PS/c1-10(2,3)9(13)17-8-7-15-16(14-4)11-5-6-12/h6,11H,5,7-8H2,1-4H3. The zero-order valence-electron chi connectivity index (χ0n) is 10.7. The van der Waals surface area contributed by atoms with Crippen molar-refractivity contribution < 1.29 is 18.6 Å². The maximum atomic E-state index is 11.6. The molecule has 0 radical (unpaired) electrons. The predicted octanol–water partition coefficient (Wildman–Crippen LogP) is 1.97. The van der Waals surface area contributed by atoms with Crippen molar-refractivity contribution in [2.75, 3.05) is 26.0 Å². The molecule has 0 fully saturated rings. The molecule has 0 rings (SSSR count). The Balaban J connectivity index is 3.68. The van der Waals surface area contributed by atoms with E-state index in [0.717, 1.165) is 6.29 Å². The van der Waals surface area contributed by atoms with Gasteiger partial charge in [-0.1, -0.05) is 32.5 Å². The highest BCUT2D eigenvalue weighted by atomic mass is 32.2. The summed E-state index contributed by atoms with van der Waals surface area (Å²) in [4.78, 5) is 21.7. The minimum atomic E-state index is -1.23. The zero-order valence-corrected chi connectivity index (χ0v) is 12.4. The zero-order chi connectivity index (χ0) is 13.3. The Morgan fingerprint density at radius 2 is 2.12 bits per heavy atom. The molecule has 100 valence electrons. The summed E-state index contributed by atoms with van der Waals surface area (Å²) in [5, 5.41) is 2.94. The van der Waals surface area contributed by atoms with Gasteiger partial charge in [-0.3, -0.25) is 4.79 Å². The number of hydrogen-bond donors (Lipinski definition) is 1. The van der Waals surface area contributed by atoms with Crippen LogP contribution >= 0.6 is 20.3 Å². The first-order valence-corrected chi connectivity index (χ1v) is 7.39. The fourth-order valence-electron chi connectivity index (χ4n) is 0.746. The van der Waals surface area contributed by atoms with Crippen LogP contribution in [-0.4, -0.2) is 37.4 Å². The molecule has 0 heterocycles. The molecule has 0 saturated carbocycles. The third-order valence-corrected chi connectivity index (χ3v) is 4.04. The highest BCUT2D eigenvalue weighted by Gasteiger charge is 2.21. The van der Waals surface area contributed by atoms with Crippen LogP contribution in [0.1, 0.15) is 20.8 Å². The SMILES string of the molecule is COP(NCC=O)OCCSC(=O)C(C)(C)C. The Morgan fingerprint density at radius 1 is 1.47 bits per heavy atom. The topological polar surface area (TPSA) is 64.6 Å². The van der Waals surface area contributed by atoms with E-state index in [1.54, 1.807) is 0 Å². The molecule has 5 nitrogen and oxygen atoms in total. The highest BCUT2D eigenvalue weighted by Crippen LogP contribution is 2.32. The lowest BCUT2D eigenvalue weighted by Gasteiger charge is -2.17. The van der Waals surface area contributed by atoms with Gasteiger partial charge in [0.2, 0.25) is 0 Å². The van der Waals surface area contributed by atoms with E-state index in [2.05, 4.69) is 5.09 Å². The molecule has 0 amide bonds. The monoisotopic (exact) mass is 281 g/mol. The van der Waals surface area contributed by atoms with E-state index in [1.807, 2.05) is 20.8 Å². The quantitative estimate of drug-likeness (QED) is 0.417. The van der Waals surface area contributed by atoms with Crippen molar-refractivity contribution in [3.63, 3.8) is 0 Å². The van der Waals surface area contributed by atoms with Crippen LogP contribution in [0, 0.1) is 5.41 Å². The summed E-state index contributed by atoms with van der Waals surface area (Å²) >= 11 is 1.25. The molecule has 0 aliphatic rings. The Morgan fingerprint density at radius 3 is 2.59 bits per heavy atom. The van der Waals surface area contributed by atoms with Gasteiger partial charge in [-0.05, 0) is 0 Å². The van der Waals surface area contributed by atoms with Gasteiger partial charge in [0.05, 0.1) is 13.2 Å². The van der Waals surface area contributed by atoms with Gasteiger partial charge >= 0.3 is 0 Å². The van der Waals surface area contributed by atoms with Crippen LogP contribution in [0.3, 0.4) is 0 Å². The molecule has 0 aromatic rings. The van der Waals surface area contributed by atoms with Crippen molar-refractivity contribution in [3.8, 4) is 0 Å². The summed E-state index contributed by atoms with van der Waals surface area (Å²) in [5.41, 5.74) is -0.327. The van der Waals surface area contributed by atoms with Crippen LogP contribution in [0.15, 0.2) is 0 Å². The van der Waals surface area contributed by atoms with Gasteiger partial charge in [0.1, 0.15) is 6.29 Å². The fourth-order valence-corrected chi connectivity index (χ4v) is 2.46. The largest absolute Gasteiger partial charge is 0.325 e. The molecule has 1 unspecified atom stereocenters. The molecule has 0 aliphatic carbocycles. The van der Waals surface area contributed by atoms with Gasteiger partial charge in [0.15, 0.2) is 5.12 Å². The molecular formula is C10H20NO4PS. The van der Waals surface area contributed by atoms with E-state index in [4.69, 9.17) is 9.05 Å². The van der Waals surface area contributed by atoms with Crippen molar-refractivity contribution in [2.45, 2.75) is 20.8 Å². The van der Waals surface area contributed by atoms with Crippen LogP contribution in [0.5, 0.6) is 0 Å². The summed E-state index contributed by atoms with van der Waals surface area (Å²) in [5.74, 6) is 0.584. The smallest absolute Gasteiger partial charge is 0.255 e. The first kappa shape index (κ1) is 17.0. The molecule has 0 bridgehead atoms. The number of carbonyl (C=O) groups excluding carboxylic acids is 2. The lowest BCUT2D eigenvalue weighted by molar-refractivity contribution is -0.117. The van der Waals surface area contributed by atoms with Gasteiger partial charge < -0.3 is 13.8 Å². The van der Waals surface area contributed by atoms with Crippen molar-refractivity contribution in [2.24, 2.45) is 5.41 Å². The average Bonchev–Trinajstić information content (AvgIpc) is 2.26. The lowest BCUT2D eigenvalue weighted by Crippen LogP contribution is -2.18. The van der Waals surface area contributed by atoms with Crippen molar-refractivity contribution in [3.05, 3.63) is 0 Å². The normalized spacial score (nSPS) is 13.4. The maximum absolute atomic E-state index is 11.6. The molecule has 0 aliphatic heterocycles. The number of nitrogens with one attached hydrogen (secondary N) is 1. The highest BCUT2D eigenvalue weighted by molar-refractivity contribution is 8.13. The molecule has 1 N–H and O–H groups in total. The predicted molar refractivity (Wildman–Crippen MR) is 70.9 cm³/mol. The van der Waals surface area contributed by atoms with E-state index in [9.17, 15) is 9.59 Å². The Hall–Kier alpha value is 0. The fraction of sp³-hybridized carbons (Fsp3) is 0.800. The molecule has 0 aromatic heterocycles. The summed E-state index contributed by atoms with van der Waals surface area (Å²) < 4.78 is 10.4. The van der Waals surface area contributed by atoms with Gasteiger partial charge in [-0.25, -0.2) is 5.09 Å². The average molecular weight is 281 g/mol. The molecular weight excluding hydrogens is 261 g/mol. The van der Waals surface area contributed by atoms with Crippen LogP contribution in [0.25, 0.3) is 0 Å². The van der Waals surface area contributed by atoms with E-state index in [1.165, 1.54) is 18.9 Å². The molecule has 0 saturated heterocycles. The van der Waals surface area contributed by atoms with Crippen LogP contribution in [0.4, 0.5) is 0 Å². The Bertz CT molecular complexity index is 245. The third-order valence-electron chi connectivity index (χ3n) is 1.61. The van der Waals surface area contributed by atoms with E-state index < -0.39 is 8.53 Å². The molecule has 7 heteroatoms. The number of thioether (sulfide) groups is 1. The van der Waals surface area contributed by atoms with Gasteiger partial charge in [-0.2, -0.15) is 0 Å². The molecule has 17 heavy (non-hydrogen) atoms. The third kappa shape index (κ3) is 8.69. The van der Waals surface area contributed by atoms with E-state index in [0.29, 0.717) is 12.4 Å². The summed E-state index contributed by atoms with van der Waals surface area (Å²) in [6.45, 7) is 6.27. The van der Waals surface area contributed by atoms with E-state index >= 15 is 0 Å². The van der Waals surface area contributed by atoms with Crippen molar-refractivity contribution in [1.29, 1.82) is 0 Å². The summed E-state index contributed by atoms with van der Waals surface area (Å²) in [7, 11) is 0.282. The second-order valence-electron chi connectivity index (χ2n) is 4.19. The van der Waals surface area contributed by atoms with Crippen molar-refractivity contribution in [1.82, 2.24) is 5.09 Å². The molecule has 1 atom stereocenters.